The highest BCUT2D eigenvalue weighted by Crippen LogP contribution is 2.04. The van der Waals surface area contributed by atoms with Crippen LogP contribution in [0.15, 0.2) is 48.8 Å². The third kappa shape index (κ3) is 2.44. The first kappa shape index (κ1) is 9.46. The van der Waals surface area contributed by atoms with Gasteiger partial charge in [-0.25, -0.2) is 0 Å². The van der Waals surface area contributed by atoms with E-state index < -0.39 is 0 Å². The Morgan fingerprint density at radius 2 is 1.80 bits per heavy atom. The van der Waals surface area contributed by atoms with Gasteiger partial charge in [-0.2, -0.15) is 0 Å². The molecule has 0 aliphatic heterocycles. The highest BCUT2D eigenvalue weighted by atomic mass is 16.1. The highest BCUT2D eigenvalue weighted by molar-refractivity contribution is 5.75. The average Bonchev–Trinajstić information content (AvgIpc) is 2.76. The lowest BCUT2D eigenvalue weighted by Gasteiger charge is -1.93. The van der Waals surface area contributed by atoms with E-state index in [0.29, 0.717) is 5.56 Å². The largest absolute Gasteiger partial charge is 0.330 e. The van der Waals surface area contributed by atoms with Crippen LogP contribution in [-0.2, 0) is 0 Å². The summed E-state index contributed by atoms with van der Waals surface area (Å²) in [6.07, 6.45) is 8.39. The molecule has 0 aliphatic carbocycles. The molecule has 0 fully saturated rings. The van der Waals surface area contributed by atoms with Gasteiger partial charge in [0.1, 0.15) is 0 Å². The predicted molar refractivity (Wildman–Crippen MR) is 61.5 cm³/mol. The van der Waals surface area contributed by atoms with E-state index in [0.717, 1.165) is 11.8 Å². The molecule has 0 bridgehead atoms. The summed E-state index contributed by atoms with van der Waals surface area (Å²) in [6, 6.07) is 11.8. The van der Waals surface area contributed by atoms with Gasteiger partial charge in [-0.3, -0.25) is 4.79 Å². The summed E-state index contributed by atoms with van der Waals surface area (Å²) in [4.78, 5) is 10.5. The molecule has 2 rings (SSSR count). The van der Waals surface area contributed by atoms with Gasteiger partial charge in [-0.1, -0.05) is 30.3 Å². The summed E-state index contributed by atoms with van der Waals surface area (Å²) in [7, 11) is 0. The first-order chi connectivity index (χ1) is 7.38. The lowest BCUT2D eigenvalue weighted by molar-refractivity contribution is 0.112. The molecule has 2 nitrogen and oxygen atoms in total. The van der Waals surface area contributed by atoms with E-state index in [1.54, 1.807) is 12.3 Å². The maximum Gasteiger partial charge on any atom is 0.151 e. The molecule has 0 saturated heterocycles. The van der Waals surface area contributed by atoms with E-state index >= 15 is 0 Å². The minimum Gasteiger partial charge on any atom is -0.330 e. The minimum absolute atomic E-state index is 0.688. The van der Waals surface area contributed by atoms with Crippen molar-refractivity contribution < 1.29 is 4.79 Å². The smallest absolute Gasteiger partial charge is 0.151 e. The molecule has 0 radical (unpaired) electrons. The lowest BCUT2D eigenvalue weighted by Crippen LogP contribution is -1.79. The van der Waals surface area contributed by atoms with E-state index in [9.17, 15) is 4.79 Å². The molecular weight excluding hydrogens is 186 g/mol. The second-order valence-corrected chi connectivity index (χ2v) is 3.24. The molecule has 2 aromatic rings. The first-order valence-corrected chi connectivity index (χ1v) is 4.74. The molecule has 1 heterocycles. The molecule has 1 aromatic carbocycles. The van der Waals surface area contributed by atoms with Gasteiger partial charge in [0.05, 0.1) is 0 Å². The van der Waals surface area contributed by atoms with Crippen LogP contribution < -0.4 is 0 Å². The average molecular weight is 197 g/mol. The molecule has 0 saturated carbocycles. The maximum atomic E-state index is 10.5. The molecule has 0 N–H and O–H groups in total. The van der Waals surface area contributed by atoms with Crippen LogP contribution in [0.2, 0.25) is 0 Å². The number of hydrogen-bond acceptors (Lipinski definition) is 1. The molecule has 2 heteroatoms. The van der Waals surface area contributed by atoms with Gasteiger partial charge in [-0.05, 0) is 17.7 Å². The second-order valence-electron chi connectivity index (χ2n) is 3.24. The number of aromatic nitrogens is 1. The Morgan fingerprint density at radius 1 is 1.00 bits per heavy atom. The number of nitrogens with zero attached hydrogens (tertiary/aromatic N) is 1. The molecule has 0 unspecified atom stereocenters. The highest BCUT2D eigenvalue weighted by Gasteiger charge is 1.90. The second kappa shape index (κ2) is 4.42. The van der Waals surface area contributed by atoms with Crippen molar-refractivity contribution in [3.8, 4) is 0 Å². The standard InChI is InChI=1S/C13H11NO/c15-11-13-7-9-14(10-13)8-6-12-4-2-1-3-5-12/h1-11H/b8-6-. The predicted octanol–water partition coefficient (Wildman–Crippen LogP) is 2.93. The molecule has 15 heavy (non-hydrogen) atoms. The molecule has 0 amide bonds. The Bertz CT molecular complexity index is 468. The number of benzene rings is 1. The first-order valence-electron chi connectivity index (χ1n) is 4.74. The Kier molecular flexibility index (Phi) is 2.79. The molecular formula is C13H11NO. The summed E-state index contributed by atoms with van der Waals surface area (Å²) < 4.78 is 1.86. The quantitative estimate of drug-likeness (QED) is 0.693. The van der Waals surface area contributed by atoms with Crippen molar-refractivity contribution in [3.63, 3.8) is 0 Å². The summed E-state index contributed by atoms with van der Waals surface area (Å²) in [6.45, 7) is 0. The van der Waals surface area contributed by atoms with Gasteiger partial charge in [0.15, 0.2) is 6.29 Å². The number of carbonyl (C=O) groups is 1. The summed E-state index contributed by atoms with van der Waals surface area (Å²) in [5.41, 5.74) is 1.83. The number of aldehydes is 1. The zero-order valence-electron chi connectivity index (χ0n) is 8.21. The number of rotatable bonds is 3. The molecule has 0 spiro atoms. The third-order valence-corrected chi connectivity index (χ3v) is 2.11. The van der Waals surface area contributed by atoms with Gasteiger partial charge in [0.2, 0.25) is 0 Å². The fraction of sp³-hybridized carbons (Fsp3) is 0. The Balaban J connectivity index is 2.15. The Hall–Kier alpha value is -2.09. The normalized spacial score (nSPS) is 10.7. The van der Waals surface area contributed by atoms with Crippen LogP contribution in [0.5, 0.6) is 0 Å². The molecule has 1 aromatic heterocycles. The third-order valence-electron chi connectivity index (χ3n) is 2.11. The maximum absolute atomic E-state index is 10.5. The fourth-order valence-corrected chi connectivity index (χ4v) is 1.33. The zero-order chi connectivity index (χ0) is 10.5. The van der Waals surface area contributed by atoms with Gasteiger partial charge >= 0.3 is 0 Å². The lowest BCUT2D eigenvalue weighted by atomic mass is 10.2. The topological polar surface area (TPSA) is 22.0 Å². The van der Waals surface area contributed by atoms with Crippen LogP contribution in [0.3, 0.4) is 0 Å². The zero-order valence-corrected chi connectivity index (χ0v) is 8.21. The van der Waals surface area contributed by atoms with E-state index in [-0.39, 0.29) is 0 Å². The van der Waals surface area contributed by atoms with Crippen molar-refractivity contribution in [2.24, 2.45) is 0 Å². The van der Waals surface area contributed by atoms with Crippen molar-refractivity contribution in [1.82, 2.24) is 4.57 Å². The van der Waals surface area contributed by atoms with Crippen molar-refractivity contribution in [1.29, 1.82) is 0 Å². The van der Waals surface area contributed by atoms with Crippen LogP contribution in [-0.4, -0.2) is 10.9 Å². The van der Waals surface area contributed by atoms with Crippen LogP contribution >= 0.6 is 0 Å². The monoisotopic (exact) mass is 197 g/mol. The van der Waals surface area contributed by atoms with Crippen LogP contribution in [0, 0.1) is 0 Å². The van der Waals surface area contributed by atoms with Crippen LogP contribution in [0.4, 0.5) is 0 Å². The van der Waals surface area contributed by atoms with E-state index in [4.69, 9.17) is 0 Å². The van der Waals surface area contributed by atoms with Gasteiger partial charge in [0.25, 0.3) is 0 Å². The summed E-state index contributed by atoms with van der Waals surface area (Å²) >= 11 is 0. The van der Waals surface area contributed by atoms with Gasteiger partial charge in [0, 0.05) is 24.2 Å². The molecule has 74 valence electrons. The summed E-state index contributed by atoms with van der Waals surface area (Å²) in [5.74, 6) is 0. The molecule has 0 aliphatic rings. The van der Waals surface area contributed by atoms with Gasteiger partial charge in [-0.15, -0.1) is 0 Å². The fourth-order valence-electron chi connectivity index (χ4n) is 1.33. The van der Waals surface area contributed by atoms with Gasteiger partial charge < -0.3 is 4.57 Å². The van der Waals surface area contributed by atoms with Crippen LogP contribution in [0.1, 0.15) is 15.9 Å². The van der Waals surface area contributed by atoms with Crippen molar-refractivity contribution in [3.05, 3.63) is 59.9 Å². The molecule has 0 atom stereocenters. The Morgan fingerprint density at radius 3 is 2.47 bits per heavy atom. The van der Waals surface area contributed by atoms with E-state index in [1.165, 1.54) is 0 Å². The van der Waals surface area contributed by atoms with E-state index in [2.05, 4.69) is 0 Å². The number of hydrogen-bond donors (Lipinski definition) is 0. The van der Waals surface area contributed by atoms with Crippen molar-refractivity contribution >= 4 is 18.6 Å². The minimum atomic E-state index is 0.688. The number of carbonyl (C=O) groups excluding carboxylic acids is 1. The summed E-state index contributed by atoms with van der Waals surface area (Å²) in [5, 5.41) is 0. The SMILES string of the molecule is O=Cc1ccn(/C=C\c2ccccc2)c1. The van der Waals surface area contributed by atoms with E-state index in [1.807, 2.05) is 53.4 Å². The Labute approximate surface area is 88.5 Å². The van der Waals surface area contributed by atoms with Crippen molar-refractivity contribution in [2.45, 2.75) is 0 Å². The van der Waals surface area contributed by atoms with Crippen LogP contribution in [0.25, 0.3) is 12.3 Å². The van der Waals surface area contributed by atoms with Crippen molar-refractivity contribution in [2.75, 3.05) is 0 Å².